The Kier molecular flexibility index (Phi) is 4.12. The van der Waals surface area contributed by atoms with Crippen LogP contribution < -0.4 is 9.47 Å². The molecule has 1 saturated heterocycles. The van der Waals surface area contributed by atoms with Crippen molar-refractivity contribution in [2.75, 3.05) is 27.3 Å². The Bertz CT molecular complexity index is 528. The van der Waals surface area contributed by atoms with Crippen molar-refractivity contribution in [2.24, 2.45) is 5.92 Å². The number of para-hydroxylation sites is 1. The lowest BCUT2D eigenvalue weighted by Crippen LogP contribution is -2.30. The van der Waals surface area contributed by atoms with Crippen LogP contribution in [0.25, 0.3) is 0 Å². The van der Waals surface area contributed by atoms with E-state index in [-0.39, 0.29) is 12.5 Å². The van der Waals surface area contributed by atoms with Gasteiger partial charge in [0.25, 0.3) is 5.91 Å². The highest BCUT2D eigenvalue weighted by Crippen LogP contribution is 2.32. The van der Waals surface area contributed by atoms with E-state index in [1.54, 1.807) is 18.2 Å². The highest BCUT2D eigenvalue weighted by Gasteiger charge is 2.32. The average molecular weight is 279 g/mol. The Balaban J connectivity index is 2.24. The van der Waals surface area contributed by atoms with Gasteiger partial charge in [-0.15, -0.1) is 0 Å². The molecule has 2 rings (SSSR count). The molecule has 0 unspecified atom stereocenters. The second-order valence-corrected chi connectivity index (χ2v) is 4.62. The number of carbonyl (C=O) groups is 2. The number of carboxylic acids is 1. The van der Waals surface area contributed by atoms with Crippen LogP contribution in [0.3, 0.4) is 0 Å². The van der Waals surface area contributed by atoms with Crippen molar-refractivity contribution in [1.82, 2.24) is 4.90 Å². The molecular formula is C14H17NO5. The fourth-order valence-corrected chi connectivity index (χ4v) is 2.37. The number of benzene rings is 1. The zero-order chi connectivity index (χ0) is 14.7. The van der Waals surface area contributed by atoms with Gasteiger partial charge in [-0.3, -0.25) is 9.59 Å². The Labute approximate surface area is 116 Å². The predicted molar refractivity (Wildman–Crippen MR) is 71.2 cm³/mol. The number of nitrogens with zero attached hydrogens (tertiary/aromatic N) is 1. The minimum atomic E-state index is -0.863. The lowest BCUT2D eigenvalue weighted by atomic mass is 10.1. The first kappa shape index (κ1) is 14.2. The number of ether oxygens (including phenoxy) is 2. The summed E-state index contributed by atoms with van der Waals surface area (Å²) in [4.78, 5) is 24.9. The summed E-state index contributed by atoms with van der Waals surface area (Å²) in [6.45, 7) is 0.671. The molecule has 1 amide bonds. The molecule has 1 N–H and O–H groups in total. The third-order valence-corrected chi connectivity index (χ3v) is 3.46. The molecule has 0 spiro atoms. The van der Waals surface area contributed by atoms with Gasteiger partial charge in [-0.1, -0.05) is 6.07 Å². The topological polar surface area (TPSA) is 76.1 Å². The molecule has 0 bridgehead atoms. The predicted octanol–water partition coefficient (Wildman–Crippen LogP) is 1.25. The fraction of sp³-hybridized carbons (Fsp3) is 0.429. The molecular weight excluding hydrogens is 262 g/mol. The summed E-state index contributed by atoms with van der Waals surface area (Å²) in [7, 11) is 2.97. The second-order valence-electron chi connectivity index (χ2n) is 4.62. The Morgan fingerprint density at radius 3 is 2.60 bits per heavy atom. The van der Waals surface area contributed by atoms with Crippen LogP contribution >= 0.6 is 0 Å². The number of carbonyl (C=O) groups excluding carboxylic acids is 1. The third kappa shape index (κ3) is 2.54. The van der Waals surface area contributed by atoms with Gasteiger partial charge in [0.2, 0.25) is 0 Å². The molecule has 6 heteroatoms. The monoisotopic (exact) mass is 279 g/mol. The van der Waals surface area contributed by atoms with Crippen molar-refractivity contribution in [2.45, 2.75) is 6.42 Å². The first-order chi connectivity index (χ1) is 9.58. The summed E-state index contributed by atoms with van der Waals surface area (Å²) in [5.41, 5.74) is 0.387. The molecule has 1 aliphatic heterocycles. The first-order valence-electron chi connectivity index (χ1n) is 6.31. The van der Waals surface area contributed by atoms with Crippen LogP contribution in [0.15, 0.2) is 18.2 Å². The summed E-state index contributed by atoms with van der Waals surface area (Å²) >= 11 is 0. The standard InChI is InChI=1S/C14H17NO5/c1-19-11-5-3-4-10(12(11)20-2)13(16)15-7-6-9(8-15)14(17)18/h3-5,9H,6-8H2,1-2H3,(H,17,18)/t9-/m0/s1. The van der Waals surface area contributed by atoms with E-state index in [0.29, 0.717) is 30.0 Å². The highest BCUT2D eigenvalue weighted by molar-refractivity contribution is 5.98. The number of carboxylic acid groups (broad SMARTS) is 1. The quantitative estimate of drug-likeness (QED) is 0.897. The molecule has 0 aliphatic carbocycles. The molecule has 1 atom stereocenters. The van der Waals surface area contributed by atoms with Crippen LogP contribution in [-0.4, -0.2) is 49.2 Å². The third-order valence-electron chi connectivity index (χ3n) is 3.46. The van der Waals surface area contributed by atoms with Crippen molar-refractivity contribution < 1.29 is 24.2 Å². The maximum Gasteiger partial charge on any atom is 0.308 e. The zero-order valence-electron chi connectivity index (χ0n) is 11.5. The Morgan fingerprint density at radius 2 is 2.05 bits per heavy atom. The van der Waals surface area contributed by atoms with E-state index in [0.717, 1.165) is 0 Å². The van der Waals surface area contributed by atoms with E-state index in [1.165, 1.54) is 19.1 Å². The average Bonchev–Trinajstić information content (AvgIpc) is 2.95. The lowest BCUT2D eigenvalue weighted by Gasteiger charge is -2.18. The normalized spacial score (nSPS) is 17.9. The van der Waals surface area contributed by atoms with Gasteiger partial charge in [0.1, 0.15) is 0 Å². The van der Waals surface area contributed by atoms with Gasteiger partial charge in [0, 0.05) is 13.1 Å². The first-order valence-corrected chi connectivity index (χ1v) is 6.31. The molecule has 108 valence electrons. The van der Waals surface area contributed by atoms with Crippen LogP contribution in [0, 0.1) is 5.92 Å². The number of hydrogen-bond acceptors (Lipinski definition) is 4. The van der Waals surface area contributed by atoms with Crippen molar-refractivity contribution in [1.29, 1.82) is 0 Å². The number of amides is 1. The van der Waals surface area contributed by atoms with Crippen molar-refractivity contribution >= 4 is 11.9 Å². The molecule has 1 aromatic carbocycles. The molecule has 0 radical (unpaired) electrons. The molecule has 6 nitrogen and oxygen atoms in total. The Morgan fingerprint density at radius 1 is 1.30 bits per heavy atom. The lowest BCUT2D eigenvalue weighted by molar-refractivity contribution is -0.141. The number of aliphatic carboxylic acids is 1. The van der Waals surface area contributed by atoms with E-state index in [1.807, 2.05) is 0 Å². The van der Waals surface area contributed by atoms with Crippen LogP contribution in [0.1, 0.15) is 16.8 Å². The smallest absolute Gasteiger partial charge is 0.308 e. The summed E-state index contributed by atoms with van der Waals surface area (Å²) < 4.78 is 10.4. The number of hydrogen-bond donors (Lipinski definition) is 1. The van der Waals surface area contributed by atoms with Gasteiger partial charge in [-0.2, -0.15) is 0 Å². The van der Waals surface area contributed by atoms with E-state index >= 15 is 0 Å². The molecule has 20 heavy (non-hydrogen) atoms. The van der Waals surface area contributed by atoms with Crippen LogP contribution in [-0.2, 0) is 4.79 Å². The summed E-state index contributed by atoms with van der Waals surface area (Å²) in [6, 6.07) is 5.07. The van der Waals surface area contributed by atoms with Gasteiger partial charge in [0.15, 0.2) is 11.5 Å². The summed E-state index contributed by atoms with van der Waals surface area (Å²) in [5.74, 6) is -0.732. The summed E-state index contributed by atoms with van der Waals surface area (Å²) in [5, 5.41) is 8.98. The second kappa shape index (κ2) is 5.81. The largest absolute Gasteiger partial charge is 0.493 e. The maximum atomic E-state index is 12.5. The molecule has 1 fully saturated rings. The van der Waals surface area contributed by atoms with Gasteiger partial charge in [-0.25, -0.2) is 0 Å². The van der Waals surface area contributed by atoms with Gasteiger partial charge in [-0.05, 0) is 18.6 Å². The summed E-state index contributed by atoms with van der Waals surface area (Å²) in [6.07, 6.45) is 0.480. The number of methoxy groups -OCH3 is 2. The molecule has 1 aromatic rings. The fourth-order valence-electron chi connectivity index (χ4n) is 2.37. The van der Waals surface area contributed by atoms with Crippen molar-refractivity contribution in [3.63, 3.8) is 0 Å². The van der Waals surface area contributed by atoms with Crippen molar-refractivity contribution in [3.05, 3.63) is 23.8 Å². The zero-order valence-corrected chi connectivity index (χ0v) is 11.5. The Hall–Kier alpha value is -2.24. The highest BCUT2D eigenvalue weighted by atomic mass is 16.5. The SMILES string of the molecule is COc1cccc(C(=O)N2CC[C@H](C(=O)O)C2)c1OC. The van der Waals surface area contributed by atoms with Gasteiger partial charge in [0.05, 0.1) is 25.7 Å². The minimum absolute atomic E-state index is 0.231. The minimum Gasteiger partial charge on any atom is -0.493 e. The van der Waals surface area contributed by atoms with E-state index in [2.05, 4.69) is 0 Å². The van der Waals surface area contributed by atoms with E-state index < -0.39 is 11.9 Å². The molecule has 0 saturated carbocycles. The molecule has 1 aliphatic rings. The molecule has 1 heterocycles. The van der Waals surface area contributed by atoms with Gasteiger partial charge >= 0.3 is 5.97 Å². The van der Waals surface area contributed by atoms with E-state index in [9.17, 15) is 9.59 Å². The van der Waals surface area contributed by atoms with Crippen LogP contribution in [0.2, 0.25) is 0 Å². The van der Waals surface area contributed by atoms with Crippen LogP contribution in [0.4, 0.5) is 0 Å². The van der Waals surface area contributed by atoms with Gasteiger partial charge < -0.3 is 19.5 Å². The van der Waals surface area contributed by atoms with Crippen molar-refractivity contribution in [3.8, 4) is 11.5 Å². The molecule has 0 aromatic heterocycles. The number of likely N-dealkylation sites (tertiary alicyclic amines) is 1. The van der Waals surface area contributed by atoms with E-state index in [4.69, 9.17) is 14.6 Å². The van der Waals surface area contributed by atoms with Crippen LogP contribution in [0.5, 0.6) is 11.5 Å². The number of rotatable bonds is 4. The maximum absolute atomic E-state index is 12.5.